The molecule has 0 aromatic heterocycles. The van der Waals surface area contributed by atoms with Crippen molar-refractivity contribution in [3.05, 3.63) is 0 Å². The SMILES string of the molecule is CC1NCSC1C1CCC(CNC(=O)[C@@H]2C[C@@H](O)CN2C(=O)[C@@H](NC(=O)CN2CCC(C(=O)NCC3CCCC(C4CCCC(C5CSC(NC(=O)CNC(=O)C6CCN(S(C)(=O)=O)C6)N5)C4)C3)CC2)C(C)(C)C)CC1. The molecule has 0 aromatic rings. The van der Waals surface area contributed by atoms with Crippen LogP contribution in [-0.4, -0.2) is 181 Å². The van der Waals surface area contributed by atoms with Gasteiger partial charge in [-0.25, -0.2) is 12.7 Å². The summed E-state index contributed by atoms with van der Waals surface area (Å²) < 4.78 is 25.0. The highest BCUT2D eigenvalue weighted by Gasteiger charge is 2.46. The van der Waals surface area contributed by atoms with Crippen LogP contribution in [0.2, 0.25) is 0 Å². The Morgan fingerprint density at radius 2 is 1.37 bits per heavy atom. The molecule has 3 saturated carbocycles. The van der Waals surface area contributed by atoms with Crippen LogP contribution in [0.15, 0.2) is 0 Å². The van der Waals surface area contributed by atoms with Crippen LogP contribution in [0.3, 0.4) is 0 Å². The van der Waals surface area contributed by atoms with Gasteiger partial charge in [0.1, 0.15) is 17.6 Å². The lowest BCUT2D eigenvalue weighted by Crippen LogP contribution is -2.59. The van der Waals surface area contributed by atoms with E-state index in [0.29, 0.717) is 105 Å². The van der Waals surface area contributed by atoms with Crippen LogP contribution in [0.4, 0.5) is 0 Å². The first kappa shape index (κ1) is 59.4. The molecule has 8 aliphatic rings. The number of sulfonamides is 1. The van der Waals surface area contributed by atoms with E-state index >= 15 is 0 Å². The zero-order valence-corrected chi connectivity index (χ0v) is 48.5. The minimum absolute atomic E-state index is 0.0464. The van der Waals surface area contributed by atoms with Crippen molar-refractivity contribution in [2.24, 2.45) is 52.8 Å². The number of carbonyl (C=O) groups is 6. The highest BCUT2D eigenvalue weighted by Crippen LogP contribution is 2.44. The second-order valence-corrected chi connectivity index (χ2v) is 29.5. The Hall–Kier alpha value is -2.73. The number of aliphatic hydroxyl groups excluding tert-OH is 1. The lowest BCUT2D eigenvalue weighted by molar-refractivity contribution is -0.144. The molecular weight excluding hydrogens is 1030 g/mol. The Bertz CT molecular complexity index is 2140. The van der Waals surface area contributed by atoms with Gasteiger partial charge in [-0.3, -0.25) is 39.0 Å². The molecule has 8 fully saturated rings. The van der Waals surface area contributed by atoms with E-state index in [1.807, 2.05) is 32.5 Å². The summed E-state index contributed by atoms with van der Waals surface area (Å²) in [6.07, 6.45) is 16.1. The van der Waals surface area contributed by atoms with Gasteiger partial charge in [0.25, 0.3) is 0 Å². The number of hydrogen-bond donors (Lipinski definition) is 8. The number of likely N-dealkylation sites (tertiary alicyclic amines) is 2. The predicted molar refractivity (Wildman–Crippen MR) is 297 cm³/mol. The Kier molecular flexibility index (Phi) is 20.9. The molecule has 0 bridgehead atoms. The molecule has 8 rings (SSSR count). The van der Waals surface area contributed by atoms with Gasteiger partial charge in [-0.15, -0.1) is 23.5 Å². The number of piperidine rings is 1. The number of nitrogens with one attached hydrogen (secondary N) is 7. The van der Waals surface area contributed by atoms with Crippen molar-refractivity contribution in [1.29, 1.82) is 0 Å². The molecule has 19 nitrogen and oxygen atoms in total. The van der Waals surface area contributed by atoms with Crippen molar-refractivity contribution < 1.29 is 42.3 Å². The number of rotatable bonds is 18. The number of amides is 6. The highest BCUT2D eigenvalue weighted by molar-refractivity contribution is 8.00. The van der Waals surface area contributed by atoms with Crippen molar-refractivity contribution >= 4 is 69.0 Å². The molecule has 76 heavy (non-hydrogen) atoms. The van der Waals surface area contributed by atoms with Gasteiger partial charge in [0, 0.05) is 74.0 Å². The van der Waals surface area contributed by atoms with E-state index < -0.39 is 39.5 Å². The standard InChI is InChI=1S/C54H92N10O9S3/c1-33-47(75-32-58-33)36-14-12-34(13-15-36)25-56-51(70)44-24-42(65)29-64(44)52(71)48(54(2,3)4)60-46(67)30-62-19-16-37(17-20-62)49(68)55-26-35-8-6-9-38(22-35)39-10-7-11-40(23-39)43-31-74-53(59-43)61-45(66)27-57-50(69)41-18-21-63(28-41)76(5,72)73/h33-44,47-48,53,58-59,65H,6-32H2,1-5H3,(H,55,68)(H,56,70)(H,57,69)(H,60,67)(H,61,66)/t33?,34?,35?,36?,38?,39?,40?,41?,42-,43?,44+,47?,48-,53?/m1/s1. The van der Waals surface area contributed by atoms with Crippen molar-refractivity contribution in [3.63, 3.8) is 0 Å². The molecule has 0 spiro atoms. The third kappa shape index (κ3) is 16.0. The molecule has 430 valence electrons. The van der Waals surface area contributed by atoms with E-state index in [1.165, 1.54) is 34.9 Å². The monoisotopic (exact) mass is 1120 g/mol. The minimum Gasteiger partial charge on any atom is -0.391 e. The summed E-state index contributed by atoms with van der Waals surface area (Å²) in [4.78, 5) is 84.1. The summed E-state index contributed by atoms with van der Waals surface area (Å²) in [5.41, 5.74) is -0.872. The molecule has 22 heteroatoms. The Balaban J connectivity index is 0.711. The van der Waals surface area contributed by atoms with Crippen LogP contribution < -0.4 is 37.2 Å². The molecule has 9 unspecified atom stereocenters. The number of β-amino-alcohol motifs (C(OH)–C–C–N with tert-alkyl or cyclic N) is 1. The van der Waals surface area contributed by atoms with Gasteiger partial charge in [0.2, 0.25) is 45.5 Å². The van der Waals surface area contributed by atoms with E-state index in [9.17, 15) is 42.3 Å². The Morgan fingerprint density at radius 1 is 0.711 bits per heavy atom. The van der Waals surface area contributed by atoms with Gasteiger partial charge in [-0.1, -0.05) is 46.5 Å². The second kappa shape index (κ2) is 26.7. The lowest BCUT2D eigenvalue weighted by Gasteiger charge is -2.40. The van der Waals surface area contributed by atoms with Crippen LogP contribution in [0.1, 0.15) is 130 Å². The van der Waals surface area contributed by atoms with Crippen LogP contribution in [0, 0.1) is 52.8 Å². The van der Waals surface area contributed by atoms with E-state index in [1.54, 1.807) is 11.8 Å². The van der Waals surface area contributed by atoms with E-state index in [0.717, 1.165) is 69.3 Å². The molecular formula is C54H92N10O9S3. The normalized spacial score (nSPS) is 34.6. The fourth-order valence-corrected chi connectivity index (χ4v) is 17.7. The van der Waals surface area contributed by atoms with Gasteiger partial charge in [-0.2, -0.15) is 0 Å². The van der Waals surface area contributed by atoms with Gasteiger partial charge < -0.3 is 41.9 Å². The van der Waals surface area contributed by atoms with E-state index in [2.05, 4.69) is 49.0 Å². The first-order valence-corrected chi connectivity index (χ1v) is 32.9. The summed E-state index contributed by atoms with van der Waals surface area (Å²) >= 11 is 3.71. The van der Waals surface area contributed by atoms with Crippen molar-refractivity contribution in [2.75, 3.05) is 76.8 Å². The van der Waals surface area contributed by atoms with E-state index in [-0.39, 0.29) is 79.5 Å². The molecule has 5 aliphatic heterocycles. The maximum absolute atomic E-state index is 14.3. The number of thioether (sulfide) groups is 2. The molecule has 12 atom stereocenters. The van der Waals surface area contributed by atoms with Crippen molar-refractivity contribution in [1.82, 2.24) is 51.3 Å². The molecule has 5 saturated heterocycles. The summed E-state index contributed by atoms with van der Waals surface area (Å²) in [6.45, 7) is 10.9. The highest BCUT2D eigenvalue weighted by atomic mass is 32.2. The molecule has 8 N–H and O–H groups in total. The summed E-state index contributed by atoms with van der Waals surface area (Å²) in [7, 11) is -3.35. The van der Waals surface area contributed by atoms with Gasteiger partial charge in [-0.05, 0) is 132 Å². The number of nitrogens with zero attached hydrogens (tertiary/aromatic N) is 3. The number of carbonyl (C=O) groups excluding carboxylic acids is 6. The fourth-order valence-electron chi connectivity index (χ4n) is 14.0. The zero-order valence-electron chi connectivity index (χ0n) is 46.0. The van der Waals surface area contributed by atoms with Gasteiger partial charge >= 0.3 is 0 Å². The first-order valence-electron chi connectivity index (χ1n) is 29.0. The van der Waals surface area contributed by atoms with Crippen LogP contribution in [0.25, 0.3) is 0 Å². The quantitative estimate of drug-likeness (QED) is 0.0983. The van der Waals surface area contributed by atoms with Crippen molar-refractivity contribution in [2.45, 2.75) is 171 Å². The zero-order chi connectivity index (χ0) is 54.3. The molecule has 6 amide bonds. The van der Waals surface area contributed by atoms with Gasteiger partial charge in [0.15, 0.2) is 0 Å². The third-order valence-electron chi connectivity index (χ3n) is 18.6. The Labute approximate surface area is 461 Å². The summed E-state index contributed by atoms with van der Waals surface area (Å²) in [5.74, 6) is 3.36. The maximum Gasteiger partial charge on any atom is 0.246 e. The molecule has 0 aromatic carbocycles. The average molecular weight is 1120 g/mol. The Morgan fingerprint density at radius 3 is 2.05 bits per heavy atom. The van der Waals surface area contributed by atoms with Crippen LogP contribution in [0.5, 0.6) is 0 Å². The topological polar surface area (TPSA) is 251 Å². The minimum atomic E-state index is -3.35. The maximum atomic E-state index is 14.3. The largest absolute Gasteiger partial charge is 0.391 e. The fraction of sp³-hybridized carbons (Fsp3) is 0.889. The third-order valence-corrected chi connectivity index (χ3v) is 22.5. The van der Waals surface area contributed by atoms with Crippen molar-refractivity contribution in [3.8, 4) is 0 Å². The van der Waals surface area contributed by atoms with E-state index in [4.69, 9.17) is 0 Å². The van der Waals surface area contributed by atoms with Crippen LogP contribution >= 0.6 is 23.5 Å². The van der Waals surface area contributed by atoms with Crippen LogP contribution in [-0.2, 0) is 38.8 Å². The first-order chi connectivity index (χ1) is 36.2. The predicted octanol–water partition coefficient (Wildman–Crippen LogP) is 2.40. The number of hydrogen-bond acceptors (Lipinski definition) is 14. The molecule has 3 aliphatic carbocycles. The summed E-state index contributed by atoms with van der Waals surface area (Å²) in [6, 6.07) is -0.852. The lowest BCUT2D eigenvalue weighted by atomic mass is 9.67. The second-order valence-electron chi connectivity index (χ2n) is 25.2. The molecule has 0 radical (unpaired) electrons. The van der Waals surface area contributed by atoms with Gasteiger partial charge in [0.05, 0.1) is 31.4 Å². The summed E-state index contributed by atoms with van der Waals surface area (Å²) in [5, 5.41) is 33.8. The number of aliphatic hydroxyl groups is 1. The smallest absolute Gasteiger partial charge is 0.246 e. The average Bonchev–Trinajstić information content (AvgIpc) is 4.25. The molecule has 5 heterocycles.